The number of fused-ring (bicyclic) bond motifs is 5. The van der Waals surface area contributed by atoms with Gasteiger partial charge in [-0.05, 0) is 48.8 Å². The van der Waals surface area contributed by atoms with Crippen molar-refractivity contribution in [2.24, 2.45) is 4.99 Å². The molecule has 2 aliphatic heterocycles. The summed E-state index contributed by atoms with van der Waals surface area (Å²) in [7, 11) is 0. The van der Waals surface area contributed by atoms with Gasteiger partial charge in [-0.1, -0.05) is 54.2 Å². The maximum atomic E-state index is 6.39. The van der Waals surface area contributed by atoms with Crippen LogP contribution in [-0.4, -0.2) is 42.9 Å². The summed E-state index contributed by atoms with van der Waals surface area (Å²) in [5.74, 6) is 1.89. The first-order chi connectivity index (χ1) is 17.7. The Hall–Kier alpha value is -4.17. The number of nitrogens with zero attached hydrogens (tertiary/aromatic N) is 6. The first kappa shape index (κ1) is 22.3. The van der Waals surface area contributed by atoms with E-state index in [2.05, 4.69) is 29.4 Å². The Labute approximate surface area is 213 Å². The molecule has 1 aromatic carbocycles. The van der Waals surface area contributed by atoms with Gasteiger partial charge in [0.25, 0.3) is 0 Å². The Kier molecular flexibility index (Phi) is 5.65. The van der Waals surface area contributed by atoms with Gasteiger partial charge in [0.1, 0.15) is 30.4 Å². The monoisotopic (exact) mass is 498 g/mol. The summed E-state index contributed by atoms with van der Waals surface area (Å²) in [5, 5.41) is 9.45. The standard InChI is InChI=1S/C27H23ClN6O2/c1-3-8-17(4-2)21-15-35-26(30-21)24-23-14-33-25(31-32-27(33)36-19-9-6-5-7-10-19)20-13-18(28)11-12-22(20)34(23)16-29-24/h3-4,6,8-13,16,21H,1-2,5,7,14-15H2/b17-8+/t21-/m0/s1. The molecule has 36 heavy (non-hydrogen) atoms. The van der Waals surface area contributed by atoms with Crippen molar-refractivity contribution in [2.75, 3.05) is 6.61 Å². The first-order valence-electron chi connectivity index (χ1n) is 11.7. The second-order valence-electron chi connectivity index (χ2n) is 8.52. The Balaban J connectivity index is 1.47. The van der Waals surface area contributed by atoms with Crippen molar-refractivity contribution in [1.82, 2.24) is 24.3 Å². The SMILES string of the molecule is C=C/C=C(\C=C)[C@@H]1COC(c2ncn3c2Cn2c(OC4=CCCC=C4)nnc2-c2cc(Cl)ccc2-3)=N1. The number of allylic oxidation sites excluding steroid dienone is 5. The third kappa shape index (κ3) is 3.79. The number of ether oxygens (including phenoxy) is 2. The molecular weight excluding hydrogens is 476 g/mol. The number of imidazole rings is 1. The molecule has 9 heteroatoms. The topological polar surface area (TPSA) is 79.4 Å². The highest BCUT2D eigenvalue weighted by atomic mass is 35.5. The predicted molar refractivity (Wildman–Crippen MR) is 139 cm³/mol. The number of halogens is 1. The van der Waals surface area contributed by atoms with Crippen molar-refractivity contribution in [1.29, 1.82) is 0 Å². The summed E-state index contributed by atoms with van der Waals surface area (Å²) in [6.45, 7) is 8.48. The quantitative estimate of drug-likeness (QED) is 0.341. The van der Waals surface area contributed by atoms with E-state index in [1.165, 1.54) is 0 Å². The predicted octanol–water partition coefficient (Wildman–Crippen LogP) is 5.20. The van der Waals surface area contributed by atoms with Crippen LogP contribution in [0, 0.1) is 0 Å². The Morgan fingerprint density at radius 3 is 2.94 bits per heavy atom. The van der Waals surface area contributed by atoms with E-state index in [4.69, 9.17) is 31.1 Å². The van der Waals surface area contributed by atoms with Crippen molar-refractivity contribution in [3.63, 3.8) is 0 Å². The van der Waals surface area contributed by atoms with Crippen LogP contribution in [0.15, 0.2) is 90.5 Å². The molecule has 4 heterocycles. The van der Waals surface area contributed by atoms with E-state index >= 15 is 0 Å². The number of hydrogen-bond acceptors (Lipinski definition) is 6. The van der Waals surface area contributed by atoms with Crippen molar-refractivity contribution in [2.45, 2.75) is 25.4 Å². The Morgan fingerprint density at radius 2 is 2.14 bits per heavy atom. The third-order valence-electron chi connectivity index (χ3n) is 6.30. The molecule has 3 aromatic rings. The van der Waals surface area contributed by atoms with Crippen LogP contribution < -0.4 is 4.74 Å². The van der Waals surface area contributed by atoms with Crippen molar-refractivity contribution < 1.29 is 9.47 Å². The van der Waals surface area contributed by atoms with Gasteiger partial charge in [-0.2, -0.15) is 0 Å². The molecule has 0 unspecified atom stereocenters. The molecule has 6 rings (SSSR count). The van der Waals surface area contributed by atoms with Crippen molar-refractivity contribution in [3.05, 3.63) is 102 Å². The summed E-state index contributed by atoms with van der Waals surface area (Å²) in [6, 6.07) is 5.91. The summed E-state index contributed by atoms with van der Waals surface area (Å²) >= 11 is 6.39. The van der Waals surface area contributed by atoms with Gasteiger partial charge in [-0.15, -0.1) is 5.10 Å². The lowest BCUT2D eigenvalue weighted by Crippen LogP contribution is -2.12. The minimum Gasteiger partial charge on any atom is -0.474 e. The first-order valence-corrected chi connectivity index (χ1v) is 12.0. The van der Waals surface area contributed by atoms with E-state index in [0.29, 0.717) is 41.6 Å². The average Bonchev–Trinajstić information content (AvgIpc) is 3.61. The van der Waals surface area contributed by atoms with Crippen LogP contribution in [0.25, 0.3) is 17.1 Å². The number of rotatable bonds is 6. The third-order valence-corrected chi connectivity index (χ3v) is 6.54. The van der Waals surface area contributed by atoms with Gasteiger partial charge in [-0.25, -0.2) is 9.98 Å². The molecular formula is C27H23ClN6O2. The van der Waals surface area contributed by atoms with E-state index in [1.807, 2.05) is 45.6 Å². The van der Waals surface area contributed by atoms with Crippen LogP contribution in [-0.2, 0) is 11.3 Å². The van der Waals surface area contributed by atoms with E-state index in [-0.39, 0.29) is 6.04 Å². The van der Waals surface area contributed by atoms with Crippen molar-refractivity contribution >= 4 is 17.5 Å². The van der Waals surface area contributed by atoms with Gasteiger partial charge in [0.05, 0.1) is 17.9 Å². The molecule has 1 atom stereocenters. The second-order valence-corrected chi connectivity index (χ2v) is 8.96. The van der Waals surface area contributed by atoms with Gasteiger partial charge >= 0.3 is 6.01 Å². The summed E-state index contributed by atoms with van der Waals surface area (Å²) in [4.78, 5) is 9.51. The lowest BCUT2D eigenvalue weighted by Gasteiger charge is -2.11. The molecule has 0 bridgehead atoms. The van der Waals surface area contributed by atoms with E-state index in [0.717, 1.165) is 41.1 Å². The Bertz CT molecular complexity index is 1510. The highest BCUT2D eigenvalue weighted by Crippen LogP contribution is 2.36. The molecule has 3 aliphatic rings. The molecule has 0 fully saturated rings. The minimum absolute atomic E-state index is 0.167. The molecule has 1 aliphatic carbocycles. The fraction of sp³-hybridized carbons (Fsp3) is 0.185. The van der Waals surface area contributed by atoms with Crippen LogP contribution >= 0.6 is 11.6 Å². The fourth-order valence-electron chi connectivity index (χ4n) is 4.56. The highest BCUT2D eigenvalue weighted by molar-refractivity contribution is 6.31. The van der Waals surface area contributed by atoms with Crippen LogP contribution in [0.5, 0.6) is 6.01 Å². The normalized spacial score (nSPS) is 18.2. The molecule has 0 spiro atoms. The zero-order valence-corrected chi connectivity index (χ0v) is 20.2. The molecule has 2 aromatic heterocycles. The van der Waals surface area contributed by atoms with E-state index in [1.54, 1.807) is 18.5 Å². The maximum Gasteiger partial charge on any atom is 0.323 e. The van der Waals surface area contributed by atoms with Gasteiger partial charge in [-0.3, -0.25) is 9.13 Å². The molecule has 0 saturated heterocycles. The van der Waals surface area contributed by atoms with Gasteiger partial charge < -0.3 is 9.47 Å². The zero-order valence-electron chi connectivity index (χ0n) is 19.5. The van der Waals surface area contributed by atoms with Crippen LogP contribution in [0.1, 0.15) is 24.2 Å². The summed E-state index contributed by atoms with van der Waals surface area (Å²) < 4.78 is 16.1. The van der Waals surface area contributed by atoms with Gasteiger partial charge in [0.15, 0.2) is 5.82 Å². The number of aliphatic imine (C=N–C) groups is 1. The summed E-state index contributed by atoms with van der Waals surface area (Å²) in [5.41, 5.74) is 4.19. The minimum atomic E-state index is -0.167. The van der Waals surface area contributed by atoms with E-state index < -0.39 is 0 Å². The summed E-state index contributed by atoms with van der Waals surface area (Å²) in [6.07, 6.45) is 15.2. The number of aromatic nitrogens is 5. The molecule has 8 nitrogen and oxygen atoms in total. The van der Waals surface area contributed by atoms with E-state index in [9.17, 15) is 0 Å². The van der Waals surface area contributed by atoms with Crippen LogP contribution in [0.3, 0.4) is 0 Å². The molecule has 0 saturated carbocycles. The maximum absolute atomic E-state index is 6.39. The largest absolute Gasteiger partial charge is 0.474 e. The zero-order chi connectivity index (χ0) is 24.6. The Morgan fingerprint density at radius 1 is 1.22 bits per heavy atom. The van der Waals surface area contributed by atoms with Gasteiger partial charge in [0.2, 0.25) is 5.90 Å². The van der Waals surface area contributed by atoms with Crippen LogP contribution in [0.2, 0.25) is 5.02 Å². The molecule has 0 N–H and O–H groups in total. The van der Waals surface area contributed by atoms with Crippen LogP contribution in [0.4, 0.5) is 0 Å². The fourth-order valence-corrected chi connectivity index (χ4v) is 4.73. The molecule has 180 valence electrons. The molecule has 0 radical (unpaired) electrons. The lowest BCUT2D eigenvalue weighted by molar-refractivity contribution is 0.328. The van der Waals surface area contributed by atoms with Crippen molar-refractivity contribution in [3.8, 4) is 23.1 Å². The number of benzene rings is 1. The second kappa shape index (κ2) is 9.13. The van der Waals surface area contributed by atoms with Gasteiger partial charge in [0, 0.05) is 10.6 Å². The highest BCUT2D eigenvalue weighted by Gasteiger charge is 2.31. The smallest absolute Gasteiger partial charge is 0.323 e. The number of hydrogen-bond donors (Lipinski definition) is 0. The molecule has 0 amide bonds. The average molecular weight is 499 g/mol. The lowest BCUT2D eigenvalue weighted by atomic mass is 10.1.